The van der Waals surface area contributed by atoms with Crippen LogP contribution in [0.2, 0.25) is 0 Å². The zero-order valence-electron chi connectivity index (χ0n) is 23.3. The lowest BCUT2D eigenvalue weighted by molar-refractivity contribution is -0.110. The summed E-state index contributed by atoms with van der Waals surface area (Å²) in [6, 6.07) is 39.9. The summed E-state index contributed by atoms with van der Waals surface area (Å²) in [5, 5.41) is 11.6. The molecule has 40 heavy (non-hydrogen) atoms. The number of aliphatic hydroxyl groups is 1. The summed E-state index contributed by atoms with van der Waals surface area (Å²) in [4.78, 5) is 14.8. The molecule has 0 aromatic heterocycles. The third kappa shape index (κ3) is 5.67. The molecule has 5 nitrogen and oxygen atoms in total. The Morgan fingerprint density at radius 2 is 1.20 bits per heavy atom. The van der Waals surface area contributed by atoms with Crippen molar-refractivity contribution in [3.8, 4) is 0 Å². The molecular weight excluding hydrogens is 498 g/mol. The topological polar surface area (TPSA) is 59.0 Å². The second-order valence-corrected chi connectivity index (χ2v) is 11.3. The summed E-state index contributed by atoms with van der Waals surface area (Å²) in [6.07, 6.45) is -1.20. The summed E-state index contributed by atoms with van der Waals surface area (Å²) >= 11 is 0. The number of ether oxygens (including phenoxy) is 2. The van der Waals surface area contributed by atoms with E-state index in [2.05, 4.69) is 36.4 Å². The Hall–Kier alpha value is -3.93. The molecule has 5 heteroatoms. The zero-order valence-corrected chi connectivity index (χ0v) is 23.3. The van der Waals surface area contributed by atoms with Crippen LogP contribution in [0.15, 0.2) is 121 Å². The fourth-order valence-electron chi connectivity index (χ4n) is 5.55. The first-order chi connectivity index (χ1) is 19.3. The Balaban J connectivity index is 1.47. The smallest absolute Gasteiger partial charge is 0.410 e. The summed E-state index contributed by atoms with van der Waals surface area (Å²) in [7, 11) is 0. The van der Waals surface area contributed by atoms with E-state index >= 15 is 0 Å². The Morgan fingerprint density at radius 1 is 0.775 bits per heavy atom. The van der Waals surface area contributed by atoms with E-state index < -0.39 is 17.3 Å². The van der Waals surface area contributed by atoms with Crippen LogP contribution in [0.5, 0.6) is 0 Å². The molecule has 1 saturated heterocycles. The maximum absolute atomic E-state index is 13.1. The minimum Gasteiger partial charge on any atom is -0.444 e. The number of amides is 1. The van der Waals surface area contributed by atoms with Crippen molar-refractivity contribution in [2.24, 2.45) is 5.92 Å². The average Bonchev–Trinajstić information content (AvgIpc) is 2.94. The Labute approximate surface area is 237 Å². The van der Waals surface area contributed by atoms with Gasteiger partial charge in [-0.05, 0) is 43.0 Å². The molecule has 1 aliphatic heterocycles. The SMILES string of the molecule is CC(C)(C)OC(=O)N1C[C@@H]([C@@H](O)COC(c2ccccc2)(c2ccccc2)c2ccccc2)[C@@H]1c1ccccc1. The van der Waals surface area contributed by atoms with Crippen molar-refractivity contribution >= 4 is 6.09 Å². The van der Waals surface area contributed by atoms with Crippen LogP contribution in [-0.4, -0.2) is 41.0 Å². The van der Waals surface area contributed by atoms with Crippen LogP contribution in [0.4, 0.5) is 4.79 Å². The van der Waals surface area contributed by atoms with Gasteiger partial charge in [0.25, 0.3) is 0 Å². The van der Waals surface area contributed by atoms with E-state index in [4.69, 9.17) is 9.47 Å². The molecule has 0 spiro atoms. The predicted octanol–water partition coefficient (Wildman–Crippen LogP) is 6.96. The van der Waals surface area contributed by atoms with Gasteiger partial charge >= 0.3 is 6.09 Å². The molecule has 1 heterocycles. The van der Waals surface area contributed by atoms with Crippen LogP contribution in [0.25, 0.3) is 0 Å². The van der Waals surface area contributed by atoms with Crippen molar-refractivity contribution in [3.05, 3.63) is 144 Å². The summed E-state index contributed by atoms with van der Waals surface area (Å²) in [5.74, 6) is -0.213. The third-order valence-corrected chi connectivity index (χ3v) is 7.42. The largest absolute Gasteiger partial charge is 0.444 e. The number of benzene rings is 4. The van der Waals surface area contributed by atoms with Gasteiger partial charge in [0.2, 0.25) is 0 Å². The van der Waals surface area contributed by atoms with Gasteiger partial charge in [0.1, 0.15) is 11.2 Å². The fourth-order valence-corrected chi connectivity index (χ4v) is 5.55. The number of carbonyl (C=O) groups excluding carboxylic acids is 1. The van der Waals surface area contributed by atoms with Crippen LogP contribution in [0.3, 0.4) is 0 Å². The number of rotatable bonds is 8. The monoisotopic (exact) mass is 535 g/mol. The first kappa shape index (κ1) is 27.6. The maximum Gasteiger partial charge on any atom is 0.410 e. The molecule has 0 bridgehead atoms. The van der Waals surface area contributed by atoms with E-state index in [0.29, 0.717) is 6.54 Å². The zero-order chi connectivity index (χ0) is 28.2. The van der Waals surface area contributed by atoms with Gasteiger partial charge in [-0.3, -0.25) is 0 Å². The normalized spacial score (nSPS) is 18.1. The number of carbonyl (C=O) groups is 1. The Kier molecular flexibility index (Phi) is 8.06. The van der Waals surface area contributed by atoms with Crippen molar-refractivity contribution in [2.45, 2.75) is 44.1 Å². The van der Waals surface area contributed by atoms with Crippen LogP contribution < -0.4 is 0 Å². The molecule has 1 N–H and O–H groups in total. The molecule has 5 rings (SSSR count). The van der Waals surface area contributed by atoms with Gasteiger partial charge < -0.3 is 19.5 Å². The van der Waals surface area contributed by atoms with Gasteiger partial charge in [-0.2, -0.15) is 0 Å². The number of nitrogens with zero attached hydrogens (tertiary/aromatic N) is 1. The van der Waals surface area contributed by atoms with Crippen LogP contribution in [0, 0.1) is 5.92 Å². The van der Waals surface area contributed by atoms with E-state index in [1.807, 2.05) is 106 Å². The molecule has 0 aliphatic carbocycles. The predicted molar refractivity (Wildman–Crippen MR) is 157 cm³/mol. The molecule has 0 radical (unpaired) electrons. The van der Waals surface area contributed by atoms with E-state index in [1.54, 1.807) is 4.90 Å². The minimum atomic E-state index is -0.929. The first-order valence-corrected chi connectivity index (χ1v) is 13.8. The summed E-state index contributed by atoms with van der Waals surface area (Å²) in [6.45, 7) is 6.04. The number of aliphatic hydroxyl groups excluding tert-OH is 1. The van der Waals surface area contributed by atoms with Crippen LogP contribution in [-0.2, 0) is 15.1 Å². The molecule has 1 amide bonds. The molecule has 4 aromatic carbocycles. The highest BCUT2D eigenvalue weighted by Gasteiger charge is 2.49. The van der Waals surface area contributed by atoms with Crippen molar-refractivity contribution in [1.82, 2.24) is 4.90 Å². The van der Waals surface area contributed by atoms with E-state index in [1.165, 1.54) is 0 Å². The van der Waals surface area contributed by atoms with Gasteiger partial charge in [-0.25, -0.2) is 4.79 Å². The van der Waals surface area contributed by atoms with Gasteiger partial charge in [-0.15, -0.1) is 0 Å². The minimum absolute atomic E-state index is 0.0782. The van der Waals surface area contributed by atoms with E-state index in [9.17, 15) is 9.90 Å². The highest BCUT2D eigenvalue weighted by atomic mass is 16.6. The molecule has 206 valence electrons. The molecular formula is C35H37NO4. The maximum atomic E-state index is 13.1. The molecule has 0 unspecified atom stereocenters. The van der Waals surface area contributed by atoms with Crippen molar-refractivity contribution in [1.29, 1.82) is 0 Å². The van der Waals surface area contributed by atoms with Crippen molar-refractivity contribution in [2.75, 3.05) is 13.2 Å². The van der Waals surface area contributed by atoms with Gasteiger partial charge in [0.15, 0.2) is 0 Å². The molecule has 1 fully saturated rings. The average molecular weight is 536 g/mol. The first-order valence-electron chi connectivity index (χ1n) is 13.8. The molecule has 3 atom stereocenters. The van der Waals surface area contributed by atoms with Gasteiger partial charge in [0.05, 0.1) is 18.8 Å². The summed E-state index contributed by atoms with van der Waals surface area (Å²) < 4.78 is 12.6. The second-order valence-electron chi connectivity index (χ2n) is 11.3. The van der Waals surface area contributed by atoms with E-state index in [-0.39, 0.29) is 24.7 Å². The van der Waals surface area contributed by atoms with Crippen LogP contribution >= 0.6 is 0 Å². The number of likely N-dealkylation sites (tertiary alicyclic amines) is 1. The number of hydrogen-bond donors (Lipinski definition) is 1. The standard InChI is InChI=1S/C35H37NO4/c1-34(2,3)40-33(38)36-24-30(32(36)26-16-8-4-9-17-26)31(37)25-39-35(27-18-10-5-11-19-27,28-20-12-6-13-21-28)29-22-14-7-15-23-29/h4-23,30-32,37H,24-25H2,1-3H3/t30-,31-,32-/m0/s1. The molecule has 0 saturated carbocycles. The number of hydrogen-bond acceptors (Lipinski definition) is 4. The van der Waals surface area contributed by atoms with Gasteiger partial charge in [-0.1, -0.05) is 121 Å². The Morgan fingerprint density at radius 3 is 1.62 bits per heavy atom. The second kappa shape index (κ2) is 11.7. The summed E-state index contributed by atoms with van der Waals surface area (Å²) in [5.41, 5.74) is 2.35. The van der Waals surface area contributed by atoms with Crippen molar-refractivity contribution < 1.29 is 19.4 Å². The lowest BCUT2D eigenvalue weighted by atomic mass is 9.78. The van der Waals surface area contributed by atoms with Gasteiger partial charge in [0, 0.05) is 12.5 Å². The van der Waals surface area contributed by atoms with Crippen molar-refractivity contribution in [3.63, 3.8) is 0 Å². The van der Waals surface area contributed by atoms with E-state index in [0.717, 1.165) is 22.3 Å². The lowest BCUT2D eigenvalue weighted by Gasteiger charge is -2.50. The molecule has 4 aromatic rings. The molecule has 1 aliphatic rings. The highest BCUT2D eigenvalue weighted by molar-refractivity contribution is 5.70. The van der Waals surface area contributed by atoms with Crippen LogP contribution in [0.1, 0.15) is 49.1 Å². The Bertz CT molecular complexity index is 1270. The highest BCUT2D eigenvalue weighted by Crippen LogP contribution is 2.44. The quantitative estimate of drug-likeness (QED) is 0.248. The lowest BCUT2D eigenvalue weighted by Crippen LogP contribution is -2.58. The third-order valence-electron chi connectivity index (χ3n) is 7.42. The fraction of sp³-hybridized carbons (Fsp3) is 0.286.